The molecule has 0 aromatic heterocycles. The zero-order chi connectivity index (χ0) is 12.8. The van der Waals surface area contributed by atoms with Crippen LogP contribution < -0.4 is 10.2 Å². The van der Waals surface area contributed by atoms with Gasteiger partial charge in [-0.05, 0) is 57.3 Å². The van der Waals surface area contributed by atoms with Crippen molar-refractivity contribution in [2.45, 2.75) is 45.6 Å². The van der Waals surface area contributed by atoms with Crippen molar-refractivity contribution in [2.75, 3.05) is 24.5 Å². The summed E-state index contributed by atoms with van der Waals surface area (Å²) in [4.78, 5) is 2.58. The highest BCUT2D eigenvalue weighted by atomic mass is 15.2. The van der Waals surface area contributed by atoms with Crippen molar-refractivity contribution >= 4 is 5.69 Å². The fourth-order valence-corrected chi connectivity index (χ4v) is 2.80. The van der Waals surface area contributed by atoms with Gasteiger partial charge in [-0.25, -0.2) is 0 Å². The van der Waals surface area contributed by atoms with Crippen molar-refractivity contribution in [2.24, 2.45) is 0 Å². The standard InChI is InChI=1S/C16H26N2/c1-3-10-17-11-6-7-12-18-14(2)13-15-8-4-5-9-16(15)18/h4-5,8-9,14,17H,3,6-7,10-13H2,1-2H3. The summed E-state index contributed by atoms with van der Waals surface area (Å²) in [7, 11) is 0. The highest BCUT2D eigenvalue weighted by Crippen LogP contribution is 2.31. The molecular weight excluding hydrogens is 220 g/mol. The SMILES string of the molecule is CCCNCCCCN1c2ccccc2CC1C. The Labute approximate surface area is 111 Å². The van der Waals surface area contributed by atoms with Crippen molar-refractivity contribution in [1.82, 2.24) is 5.32 Å². The van der Waals surface area contributed by atoms with Crippen LogP contribution >= 0.6 is 0 Å². The third kappa shape index (κ3) is 3.26. The third-order valence-electron chi connectivity index (χ3n) is 3.78. The Hall–Kier alpha value is -1.02. The summed E-state index contributed by atoms with van der Waals surface area (Å²) >= 11 is 0. The van der Waals surface area contributed by atoms with Crippen LogP contribution in [0.2, 0.25) is 0 Å². The van der Waals surface area contributed by atoms with Gasteiger partial charge in [0.1, 0.15) is 0 Å². The van der Waals surface area contributed by atoms with Crippen molar-refractivity contribution in [3.8, 4) is 0 Å². The lowest BCUT2D eigenvalue weighted by Crippen LogP contribution is -2.30. The van der Waals surface area contributed by atoms with Gasteiger partial charge in [-0.15, -0.1) is 0 Å². The largest absolute Gasteiger partial charge is 0.368 e. The van der Waals surface area contributed by atoms with Gasteiger partial charge in [0.05, 0.1) is 0 Å². The van der Waals surface area contributed by atoms with Gasteiger partial charge in [0.15, 0.2) is 0 Å². The molecule has 0 saturated heterocycles. The van der Waals surface area contributed by atoms with E-state index in [0.717, 1.165) is 13.1 Å². The number of hydrogen-bond acceptors (Lipinski definition) is 2. The van der Waals surface area contributed by atoms with Crippen molar-refractivity contribution in [3.05, 3.63) is 29.8 Å². The smallest absolute Gasteiger partial charge is 0.0402 e. The molecule has 1 atom stereocenters. The van der Waals surface area contributed by atoms with Crippen LogP contribution in [0.25, 0.3) is 0 Å². The number of nitrogens with zero attached hydrogens (tertiary/aromatic N) is 1. The van der Waals surface area contributed by atoms with E-state index in [-0.39, 0.29) is 0 Å². The lowest BCUT2D eigenvalue weighted by Gasteiger charge is -2.24. The number of nitrogens with one attached hydrogen (secondary N) is 1. The highest BCUT2D eigenvalue weighted by molar-refractivity contribution is 5.59. The van der Waals surface area contributed by atoms with E-state index in [9.17, 15) is 0 Å². The van der Waals surface area contributed by atoms with Crippen LogP contribution in [0.4, 0.5) is 5.69 Å². The van der Waals surface area contributed by atoms with E-state index in [0.29, 0.717) is 6.04 Å². The van der Waals surface area contributed by atoms with Gasteiger partial charge in [-0.2, -0.15) is 0 Å². The quantitative estimate of drug-likeness (QED) is 0.743. The Morgan fingerprint density at radius 3 is 2.89 bits per heavy atom. The Morgan fingerprint density at radius 1 is 1.22 bits per heavy atom. The summed E-state index contributed by atoms with van der Waals surface area (Å²) in [6.45, 7) is 8.08. The molecule has 1 N–H and O–H groups in total. The Balaban J connectivity index is 1.76. The first kappa shape index (κ1) is 13.4. The number of unbranched alkanes of at least 4 members (excludes halogenated alkanes) is 1. The second-order valence-corrected chi connectivity index (χ2v) is 5.33. The molecule has 0 fully saturated rings. The normalized spacial score (nSPS) is 18.1. The van der Waals surface area contributed by atoms with Gasteiger partial charge in [0.2, 0.25) is 0 Å². The van der Waals surface area contributed by atoms with E-state index < -0.39 is 0 Å². The molecule has 0 spiro atoms. The van der Waals surface area contributed by atoms with E-state index in [2.05, 4.69) is 48.3 Å². The van der Waals surface area contributed by atoms with Gasteiger partial charge in [0.25, 0.3) is 0 Å². The molecule has 0 radical (unpaired) electrons. The van der Waals surface area contributed by atoms with E-state index in [1.807, 2.05) is 0 Å². The lowest BCUT2D eigenvalue weighted by atomic mass is 10.1. The van der Waals surface area contributed by atoms with E-state index >= 15 is 0 Å². The molecule has 0 amide bonds. The third-order valence-corrected chi connectivity index (χ3v) is 3.78. The van der Waals surface area contributed by atoms with E-state index in [4.69, 9.17) is 0 Å². The van der Waals surface area contributed by atoms with Crippen molar-refractivity contribution < 1.29 is 0 Å². The molecular formula is C16H26N2. The summed E-state index contributed by atoms with van der Waals surface area (Å²) in [6.07, 6.45) is 5.02. The number of benzene rings is 1. The van der Waals surface area contributed by atoms with Gasteiger partial charge in [0, 0.05) is 18.3 Å². The number of para-hydroxylation sites is 1. The number of rotatable bonds is 7. The first-order chi connectivity index (χ1) is 8.83. The summed E-state index contributed by atoms with van der Waals surface area (Å²) in [5.74, 6) is 0. The molecule has 1 aliphatic rings. The molecule has 1 heterocycles. The van der Waals surface area contributed by atoms with Gasteiger partial charge in [-0.3, -0.25) is 0 Å². The molecule has 1 aromatic carbocycles. The maximum absolute atomic E-state index is 3.47. The van der Waals surface area contributed by atoms with Crippen LogP contribution in [0.5, 0.6) is 0 Å². The molecule has 2 nitrogen and oxygen atoms in total. The minimum Gasteiger partial charge on any atom is -0.368 e. The highest BCUT2D eigenvalue weighted by Gasteiger charge is 2.24. The first-order valence-corrected chi connectivity index (χ1v) is 7.38. The zero-order valence-corrected chi connectivity index (χ0v) is 11.8. The molecule has 18 heavy (non-hydrogen) atoms. The van der Waals surface area contributed by atoms with E-state index in [1.165, 1.54) is 43.5 Å². The predicted octanol–water partition coefficient (Wildman–Crippen LogP) is 3.22. The summed E-state index contributed by atoms with van der Waals surface area (Å²) in [5, 5.41) is 3.47. The van der Waals surface area contributed by atoms with Crippen molar-refractivity contribution in [3.63, 3.8) is 0 Å². The van der Waals surface area contributed by atoms with Crippen LogP contribution in [0.3, 0.4) is 0 Å². The molecule has 2 rings (SSSR count). The van der Waals surface area contributed by atoms with Crippen LogP contribution in [0.1, 0.15) is 38.7 Å². The summed E-state index contributed by atoms with van der Waals surface area (Å²) < 4.78 is 0. The van der Waals surface area contributed by atoms with Crippen molar-refractivity contribution in [1.29, 1.82) is 0 Å². The molecule has 0 aliphatic carbocycles. The number of fused-ring (bicyclic) bond motifs is 1. The second-order valence-electron chi connectivity index (χ2n) is 5.33. The first-order valence-electron chi connectivity index (χ1n) is 7.38. The number of anilines is 1. The minimum atomic E-state index is 0.672. The average molecular weight is 246 g/mol. The summed E-state index contributed by atoms with van der Waals surface area (Å²) in [6, 6.07) is 9.53. The minimum absolute atomic E-state index is 0.672. The maximum Gasteiger partial charge on any atom is 0.0402 e. The van der Waals surface area contributed by atoms with Gasteiger partial charge >= 0.3 is 0 Å². The molecule has 100 valence electrons. The lowest BCUT2D eigenvalue weighted by molar-refractivity contribution is 0.588. The van der Waals surface area contributed by atoms with Gasteiger partial charge < -0.3 is 10.2 Å². The second kappa shape index (κ2) is 6.79. The maximum atomic E-state index is 3.47. The molecule has 1 aromatic rings. The van der Waals surface area contributed by atoms with Crippen LogP contribution in [-0.2, 0) is 6.42 Å². The van der Waals surface area contributed by atoms with E-state index in [1.54, 1.807) is 0 Å². The predicted molar refractivity (Wildman–Crippen MR) is 79.3 cm³/mol. The molecule has 1 unspecified atom stereocenters. The molecule has 1 aliphatic heterocycles. The Kier molecular flexibility index (Phi) is 5.06. The van der Waals surface area contributed by atoms with Crippen LogP contribution in [0.15, 0.2) is 24.3 Å². The zero-order valence-electron chi connectivity index (χ0n) is 11.8. The average Bonchev–Trinajstić information content (AvgIpc) is 2.70. The summed E-state index contributed by atoms with van der Waals surface area (Å²) in [5.41, 5.74) is 2.99. The molecule has 0 saturated carbocycles. The monoisotopic (exact) mass is 246 g/mol. The molecule has 0 bridgehead atoms. The van der Waals surface area contributed by atoms with Gasteiger partial charge in [-0.1, -0.05) is 25.1 Å². The Morgan fingerprint density at radius 2 is 2.06 bits per heavy atom. The van der Waals surface area contributed by atoms with Crippen LogP contribution in [-0.4, -0.2) is 25.7 Å². The fraction of sp³-hybridized carbons (Fsp3) is 0.625. The Bertz CT molecular complexity index is 362. The number of hydrogen-bond donors (Lipinski definition) is 1. The topological polar surface area (TPSA) is 15.3 Å². The molecule has 2 heteroatoms. The van der Waals surface area contributed by atoms with Crippen LogP contribution in [0, 0.1) is 0 Å². The fourth-order valence-electron chi connectivity index (χ4n) is 2.80.